The Morgan fingerprint density at radius 3 is 2.48 bits per heavy atom. The van der Waals surface area contributed by atoms with Gasteiger partial charge in [0.25, 0.3) is 0 Å². The number of hydrogen-bond acceptors (Lipinski definition) is 3. The summed E-state index contributed by atoms with van der Waals surface area (Å²) in [5.74, 6) is 2.75. The Labute approximate surface area is 148 Å². The molecule has 1 aliphatic rings. The molecule has 0 saturated carbocycles. The molecule has 3 aromatic rings. The summed E-state index contributed by atoms with van der Waals surface area (Å²) in [6, 6.07) is 24.5. The first-order valence-corrected chi connectivity index (χ1v) is 8.64. The van der Waals surface area contributed by atoms with Crippen LogP contribution in [0, 0.1) is 0 Å². The third-order valence-corrected chi connectivity index (χ3v) is 4.29. The Morgan fingerprint density at radius 2 is 1.60 bits per heavy atom. The summed E-state index contributed by atoms with van der Waals surface area (Å²) in [6.45, 7) is 2.46. The summed E-state index contributed by atoms with van der Waals surface area (Å²) in [7, 11) is 0. The van der Waals surface area contributed by atoms with E-state index in [4.69, 9.17) is 9.47 Å². The van der Waals surface area contributed by atoms with E-state index in [1.54, 1.807) is 0 Å². The lowest BCUT2D eigenvalue weighted by atomic mass is 10.1. The minimum absolute atomic E-state index is 0.805. The van der Waals surface area contributed by atoms with E-state index >= 15 is 0 Å². The van der Waals surface area contributed by atoms with Gasteiger partial charge in [0.2, 0.25) is 0 Å². The average Bonchev–Trinajstić information content (AvgIpc) is 3.11. The molecule has 3 nitrogen and oxygen atoms in total. The van der Waals surface area contributed by atoms with Crippen molar-refractivity contribution < 1.29 is 9.47 Å². The first-order valence-electron chi connectivity index (χ1n) is 8.64. The van der Waals surface area contributed by atoms with E-state index in [9.17, 15) is 0 Å². The monoisotopic (exact) mass is 331 g/mol. The molecule has 0 aromatic heterocycles. The molecule has 0 bridgehead atoms. The van der Waals surface area contributed by atoms with Crippen molar-refractivity contribution >= 4 is 0 Å². The van der Waals surface area contributed by atoms with Crippen LogP contribution < -0.4 is 14.8 Å². The maximum Gasteiger partial charge on any atom is 0.127 e. The van der Waals surface area contributed by atoms with Crippen molar-refractivity contribution in [2.75, 3.05) is 6.61 Å². The average molecular weight is 331 g/mol. The molecule has 25 heavy (non-hydrogen) atoms. The molecule has 3 heteroatoms. The summed E-state index contributed by atoms with van der Waals surface area (Å²) < 4.78 is 11.4. The SMILES string of the molecule is c1ccc(Oc2cccc(CNCc3ccc4c(c3)CCO4)c2)cc1. The van der Waals surface area contributed by atoms with E-state index in [-0.39, 0.29) is 0 Å². The fourth-order valence-electron chi connectivity index (χ4n) is 3.04. The van der Waals surface area contributed by atoms with Gasteiger partial charge in [-0.15, -0.1) is 0 Å². The van der Waals surface area contributed by atoms with E-state index in [0.717, 1.165) is 43.4 Å². The highest BCUT2D eigenvalue weighted by molar-refractivity contribution is 5.40. The Hall–Kier alpha value is -2.78. The summed E-state index contributed by atoms with van der Waals surface area (Å²) in [4.78, 5) is 0. The second-order valence-corrected chi connectivity index (χ2v) is 6.21. The van der Waals surface area contributed by atoms with Crippen molar-refractivity contribution in [1.29, 1.82) is 0 Å². The second kappa shape index (κ2) is 7.41. The number of rotatable bonds is 6. The Balaban J connectivity index is 1.34. The third-order valence-electron chi connectivity index (χ3n) is 4.29. The molecule has 1 heterocycles. The first kappa shape index (κ1) is 15.7. The molecular weight excluding hydrogens is 310 g/mol. The van der Waals surface area contributed by atoms with Crippen LogP contribution in [-0.4, -0.2) is 6.61 Å². The third kappa shape index (κ3) is 4.01. The molecule has 0 unspecified atom stereocenters. The minimum atomic E-state index is 0.805. The number of benzene rings is 3. The van der Waals surface area contributed by atoms with Crippen LogP contribution in [0.1, 0.15) is 16.7 Å². The molecule has 4 rings (SSSR count). The van der Waals surface area contributed by atoms with E-state index < -0.39 is 0 Å². The molecule has 0 saturated heterocycles. The summed E-state index contributed by atoms with van der Waals surface area (Å²) >= 11 is 0. The van der Waals surface area contributed by atoms with Gasteiger partial charge in [0.05, 0.1) is 6.61 Å². The summed E-state index contributed by atoms with van der Waals surface area (Å²) in [6.07, 6.45) is 1.02. The number of fused-ring (bicyclic) bond motifs is 1. The van der Waals surface area contributed by atoms with Crippen LogP contribution in [0.15, 0.2) is 72.8 Å². The molecule has 0 atom stereocenters. The number of para-hydroxylation sites is 1. The lowest BCUT2D eigenvalue weighted by Gasteiger charge is -2.09. The molecule has 1 aliphatic heterocycles. The van der Waals surface area contributed by atoms with Crippen molar-refractivity contribution in [3.8, 4) is 17.2 Å². The van der Waals surface area contributed by atoms with Gasteiger partial charge in [-0.05, 0) is 47.0 Å². The molecular formula is C22H21NO2. The van der Waals surface area contributed by atoms with Crippen molar-refractivity contribution in [2.45, 2.75) is 19.5 Å². The van der Waals surface area contributed by atoms with Gasteiger partial charge in [-0.25, -0.2) is 0 Å². The van der Waals surface area contributed by atoms with Crippen molar-refractivity contribution in [1.82, 2.24) is 5.32 Å². The fourth-order valence-corrected chi connectivity index (χ4v) is 3.04. The molecule has 0 fully saturated rings. The highest BCUT2D eigenvalue weighted by Crippen LogP contribution is 2.26. The fraction of sp³-hybridized carbons (Fsp3) is 0.182. The van der Waals surface area contributed by atoms with Crippen LogP contribution in [0.3, 0.4) is 0 Å². The molecule has 0 amide bonds. The van der Waals surface area contributed by atoms with Crippen LogP contribution in [0.4, 0.5) is 0 Å². The zero-order valence-corrected chi connectivity index (χ0v) is 14.1. The van der Waals surface area contributed by atoms with Gasteiger partial charge < -0.3 is 14.8 Å². The Morgan fingerprint density at radius 1 is 0.800 bits per heavy atom. The maximum atomic E-state index is 5.89. The molecule has 0 spiro atoms. The molecule has 0 radical (unpaired) electrons. The lowest BCUT2D eigenvalue weighted by Crippen LogP contribution is -2.12. The molecule has 126 valence electrons. The van der Waals surface area contributed by atoms with Gasteiger partial charge in [-0.3, -0.25) is 0 Å². The Bertz CT molecular complexity index is 846. The molecule has 0 aliphatic carbocycles. The van der Waals surface area contributed by atoms with E-state index in [2.05, 4.69) is 35.6 Å². The standard InChI is InChI=1S/C22H21NO2/c1-2-6-20(7-3-1)25-21-8-4-5-17(14-21)15-23-16-18-9-10-22-19(13-18)11-12-24-22/h1-10,13-14,23H,11-12,15-16H2. The normalized spacial score (nSPS) is 12.5. The number of ether oxygens (including phenoxy) is 2. The van der Waals surface area contributed by atoms with Gasteiger partial charge in [-0.2, -0.15) is 0 Å². The topological polar surface area (TPSA) is 30.5 Å². The van der Waals surface area contributed by atoms with Crippen LogP contribution >= 0.6 is 0 Å². The highest BCUT2D eigenvalue weighted by atomic mass is 16.5. The van der Waals surface area contributed by atoms with Crippen LogP contribution in [0.2, 0.25) is 0 Å². The molecule has 3 aromatic carbocycles. The van der Waals surface area contributed by atoms with E-state index in [0.29, 0.717) is 0 Å². The van der Waals surface area contributed by atoms with Crippen molar-refractivity contribution in [3.63, 3.8) is 0 Å². The van der Waals surface area contributed by atoms with Crippen molar-refractivity contribution in [3.05, 3.63) is 89.5 Å². The minimum Gasteiger partial charge on any atom is -0.493 e. The van der Waals surface area contributed by atoms with Crippen molar-refractivity contribution in [2.24, 2.45) is 0 Å². The van der Waals surface area contributed by atoms with E-state index in [1.165, 1.54) is 16.7 Å². The smallest absolute Gasteiger partial charge is 0.127 e. The predicted molar refractivity (Wildman–Crippen MR) is 99.1 cm³/mol. The Kier molecular flexibility index (Phi) is 4.66. The summed E-state index contributed by atoms with van der Waals surface area (Å²) in [5.41, 5.74) is 3.82. The van der Waals surface area contributed by atoms with Crippen LogP contribution in [0.25, 0.3) is 0 Å². The van der Waals surface area contributed by atoms with Gasteiger partial charge >= 0.3 is 0 Å². The number of nitrogens with one attached hydrogen (secondary N) is 1. The largest absolute Gasteiger partial charge is 0.493 e. The highest BCUT2D eigenvalue weighted by Gasteiger charge is 2.11. The zero-order valence-electron chi connectivity index (χ0n) is 14.1. The van der Waals surface area contributed by atoms with E-state index in [1.807, 2.05) is 42.5 Å². The maximum absolute atomic E-state index is 5.89. The van der Waals surface area contributed by atoms with Gasteiger partial charge in [0.15, 0.2) is 0 Å². The predicted octanol–water partition coefficient (Wildman–Crippen LogP) is 4.70. The second-order valence-electron chi connectivity index (χ2n) is 6.21. The van der Waals surface area contributed by atoms with Gasteiger partial charge in [0.1, 0.15) is 17.2 Å². The van der Waals surface area contributed by atoms with Gasteiger partial charge in [0, 0.05) is 19.5 Å². The molecule has 1 N–H and O–H groups in total. The quantitative estimate of drug-likeness (QED) is 0.710. The zero-order chi connectivity index (χ0) is 16.9. The number of hydrogen-bond donors (Lipinski definition) is 1. The van der Waals surface area contributed by atoms with Crippen LogP contribution in [0.5, 0.6) is 17.2 Å². The van der Waals surface area contributed by atoms with Crippen LogP contribution in [-0.2, 0) is 19.5 Å². The summed E-state index contributed by atoms with van der Waals surface area (Å²) in [5, 5.41) is 3.50. The first-order chi connectivity index (χ1) is 12.4. The lowest BCUT2D eigenvalue weighted by molar-refractivity contribution is 0.357. The van der Waals surface area contributed by atoms with Gasteiger partial charge in [-0.1, -0.05) is 42.5 Å².